The van der Waals surface area contributed by atoms with Crippen molar-refractivity contribution in [3.05, 3.63) is 59.2 Å². The zero-order valence-electron chi connectivity index (χ0n) is 15.8. The maximum absolute atomic E-state index is 12.6. The Morgan fingerprint density at radius 3 is 2.54 bits per heavy atom. The number of benzene rings is 2. The molecule has 0 aromatic heterocycles. The molecule has 26 heavy (non-hydrogen) atoms. The van der Waals surface area contributed by atoms with Crippen LogP contribution in [0.3, 0.4) is 0 Å². The number of hydrogen-bond acceptors (Lipinski definition) is 3. The Labute approximate surface area is 157 Å². The van der Waals surface area contributed by atoms with Crippen molar-refractivity contribution in [1.29, 1.82) is 0 Å². The van der Waals surface area contributed by atoms with E-state index in [1.807, 2.05) is 38.1 Å². The van der Waals surface area contributed by atoms with Crippen LogP contribution in [0, 0.1) is 19.8 Å². The van der Waals surface area contributed by atoms with E-state index in [0.717, 1.165) is 35.7 Å². The van der Waals surface area contributed by atoms with E-state index in [9.17, 15) is 8.42 Å². The van der Waals surface area contributed by atoms with Crippen LogP contribution in [0.25, 0.3) is 0 Å². The Bertz CT molecular complexity index is 860. The first kappa shape index (κ1) is 18.9. The molecule has 2 aromatic carbocycles. The number of rotatable bonds is 5. The van der Waals surface area contributed by atoms with Gasteiger partial charge in [0.15, 0.2) is 0 Å². The van der Waals surface area contributed by atoms with E-state index in [1.54, 1.807) is 6.07 Å². The van der Waals surface area contributed by atoms with Crippen molar-refractivity contribution in [2.24, 2.45) is 5.92 Å². The molecule has 0 amide bonds. The van der Waals surface area contributed by atoms with Gasteiger partial charge in [-0.1, -0.05) is 31.2 Å². The second kappa shape index (κ2) is 7.80. The minimum Gasteiger partial charge on any atom is -0.371 e. The number of nitrogens with zero attached hydrogens (tertiary/aromatic N) is 1. The SMILES string of the molecule is Cc1ccc(C)c(S(=O)(=O)NCc2ccc(N3CCCC(C)C3)cc2)c1. The van der Waals surface area contributed by atoms with Gasteiger partial charge in [-0.3, -0.25) is 0 Å². The fraction of sp³-hybridized carbons (Fsp3) is 0.429. The Morgan fingerprint density at radius 2 is 1.85 bits per heavy atom. The smallest absolute Gasteiger partial charge is 0.241 e. The third-order valence-corrected chi connectivity index (χ3v) is 6.60. The van der Waals surface area contributed by atoms with Gasteiger partial charge in [-0.05, 0) is 67.5 Å². The highest BCUT2D eigenvalue weighted by molar-refractivity contribution is 7.89. The van der Waals surface area contributed by atoms with Gasteiger partial charge in [0.2, 0.25) is 10.0 Å². The lowest BCUT2D eigenvalue weighted by atomic mass is 9.99. The molecule has 1 fully saturated rings. The molecule has 1 heterocycles. The summed E-state index contributed by atoms with van der Waals surface area (Å²) in [5, 5.41) is 0. The van der Waals surface area contributed by atoms with E-state index in [0.29, 0.717) is 11.4 Å². The molecule has 0 radical (unpaired) electrons. The summed E-state index contributed by atoms with van der Waals surface area (Å²) in [6.45, 7) is 8.51. The van der Waals surface area contributed by atoms with Crippen LogP contribution in [0.2, 0.25) is 0 Å². The van der Waals surface area contributed by atoms with Crippen LogP contribution in [-0.2, 0) is 16.6 Å². The standard InChI is InChI=1S/C21H28N2O2S/c1-16-6-7-18(3)21(13-16)26(24,25)22-14-19-8-10-20(11-9-19)23-12-4-5-17(2)15-23/h6-11,13,17,22H,4-5,12,14-15H2,1-3H3. The Morgan fingerprint density at radius 1 is 1.12 bits per heavy atom. The molecular weight excluding hydrogens is 344 g/mol. The third-order valence-electron chi connectivity index (χ3n) is 5.06. The Hall–Kier alpha value is -1.85. The average molecular weight is 373 g/mol. The van der Waals surface area contributed by atoms with Gasteiger partial charge >= 0.3 is 0 Å². The predicted octanol–water partition coefficient (Wildman–Crippen LogP) is 4.02. The Balaban J connectivity index is 1.67. The molecule has 1 saturated heterocycles. The summed E-state index contributed by atoms with van der Waals surface area (Å²) in [5.74, 6) is 0.729. The largest absolute Gasteiger partial charge is 0.371 e. The molecular formula is C21H28N2O2S. The zero-order valence-corrected chi connectivity index (χ0v) is 16.6. The molecule has 0 spiro atoms. The number of aryl methyl sites for hydroxylation is 2. The van der Waals surface area contributed by atoms with Crippen LogP contribution < -0.4 is 9.62 Å². The summed E-state index contributed by atoms with van der Waals surface area (Å²) in [4.78, 5) is 2.77. The number of nitrogens with one attached hydrogen (secondary N) is 1. The molecule has 1 N–H and O–H groups in total. The molecule has 1 aliphatic rings. The molecule has 0 saturated carbocycles. The van der Waals surface area contributed by atoms with E-state index >= 15 is 0 Å². The zero-order chi connectivity index (χ0) is 18.7. The van der Waals surface area contributed by atoms with Crippen LogP contribution in [0.5, 0.6) is 0 Å². The van der Waals surface area contributed by atoms with Crippen molar-refractivity contribution < 1.29 is 8.42 Å². The van der Waals surface area contributed by atoms with E-state index in [-0.39, 0.29) is 0 Å². The lowest BCUT2D eigenvalue weighted by Gasteiger charge is -2.32. The molecule has 2 aromatic rings. The maximum atomic E-state index is 12.6. The lowest BCUT2D eigenvalue weighted by molar-refractivity contribution is 0.447. The van der Waals surface area contributed by atoms with Gasteiger partial charge in [0.05, 0.1) is 4.90 Å². The van der Waals surface area contributed by atoms with E-state index in [4.69, 9.17) is 0 Å². The molecule has 4 nitrogen and oxygen atoms in total. The highest BCUT2D eigenvalue weighted by Gasteiger charge is 2.18. The average Bonchev–Trinajstić information content (AvgIpc) is 2.62. The minimum atomic E-state index is -3.51. The number of anilines is 1. The molecule has 1 unspecified atom stereocenters. The van der Waals surface area contributed by atoms with Crippen LogP contribution in [0.15, 0.2) is 47.4 Å². The summed E-state index contributed by atoms with van der Waals surface area (Å²) in [7, 11) is -3.51. The normalized spacial score (nSPS) is 18.1. The highest BCUT2D eigenvalue weighted by atomic mass is 32.2. The molecule has 3 rings (SSSR count). The third kappa shape index (κ3) is 4.46. The molecule has 1 aliphatic heterocycles. The van der Waals surface area contributed by atoms with Crippen LogP contribution in [-0.4, -0.2) is 21.5 Å². The molecule has 1 atom stereocenters. The molecule has 0 bridgehead atoms. The summed E-state index contributed by atoms with van der Waals surface area (Å²) >= 11 is 0. The van der Waals surface area contributed by atoms with Gasteiger partial charge in [0.1, 0.15) is 0 Å². The van der Waals surface area contributed by atoms with Gasteiger partial charge in [0, 0.05) is 25.3 Å². The summed E-state index contributed by atoms with van der Waals surface area (Å²) in [5.41, 5.74) is 3.89. The molecule has 140 valence electrons. The van der Waals surface area contributed by atoms with Gasteiger partial charge in [-0.25, -0.2) is 13.1 Å². The highest BCUT2D eigenvalue weighted by Crippen LogP contribution is 2.23. The van der Waals surface area contributed by atoms with E-state index in [2.05, 4.69) is 28.7 Å². The van der Waals surface area contributed by atoms with E-state index in [1.165, 1.54) is 18.5 Å². The number of piperidine rings is 1. The van der Waals surface area contributed by atoms with E-state index < -0.39 is 10.0 Å². The van der Waals surface area contributed by atoms with Crippen molar-refractivity contribution in [2.75, 3.05) is 18.0 Å². The minimum absolute atomic E-state index is 0.298. The lowest BCUT2D eigenvalue weighted by Crippen LogP contribution is -2.34. The monoisotopic (exact) mass is 372 g/mol. The van der Waals surface area contributed by atoms with Crippen molar-refractivity contribution in [2.45, 2.75) is 45.1 Å². The quantitative estimate of drug-likeness (QED) is 0.862. The predicted molar refractivity (Wildman–Crippen MR) is 107 cm³/mol. The van der Waals surface area contributed by atoms with Crippen LogP contribution in [0.1, 0.15) is 36.5 Å². The van der Waals surface area contributed by atoms with Crippen LogP contribution >= 0.6 is 0 Å². The molecule has 0 aliphatic carbocycles. The van der Waals surface area contributed by atoms with Crippen molar-refractivity contribution >= 4 is 15.7 Å². The van der Waals surface area contributed by atoms with Crippen molar-refractivity contribution in [3.8, 4) is 0 Å². The first-order chi connectivity index (χ1) is 12.3. The van der Waals surface area contributed by atoms with Gasteiger partial charge in [-0.15, -0.1) is 0 Å². The summed E-state index contributed by atoms with van der Waals surface area (Å²) < 4.78 is 27.9. The van der Waals surface area contributed by atoms with Crippen molar-refractivity contribution in [1.82, 2.24) is 4.72 Å². The fourth-order valence-electron chi connectivity index (χ4n) is 3.50. The first-order valence-corrected chi connectivity index (χ1v) is 10.7. The number of sulfonamides is 1. The van der Waals surface area contributed by atoms with Gasteiger partial charge in [-0.2, -0.15) is 0 Å². The van der Waals surface area contributed by atoms with Crippen LogP contribution in [0.4, 0.5) is 5.69 Å². The number of hydrogen-bond donors (Lipinski definition) is 1. The Kier molecular flexibility index (Phi) is 5.68. The molecule has 5 heteroatoms. The summed E-state index contributed by atoms with van der Waals surface area (Å²) in [6, 6.07) is 13.7. The second-order valence-electron chi connectivity index (χ2n) is 7.45. The maximum Gasteiger partial charge on any atom is 0.241 e. The second-order valence-corrected chi connectivity index (χ2v) is 9.19. The fourth-order valence-corrected chi connectivity index (χ4v) is 4.85. The summed E-state index contributed by atoms with van der Waals surface area (Å²) in [6.07, 6.45) is 2.54. The van der Waals surface area contributed by atoms with Gasteiger partial charge < -0.3 is 4.90 Å². The van der Waals surface area contributed by atoms with Gasteiger partial charge in [0.25, 0.3) is 0 Å². The first-order valence-electron chi connectivity index (χ1n) is 9.26. The van der Waals surface area contributed by atoms with Crippen molar-refractivity contribution in [3.63, 3.8) is 0 Å². The topological polar surface area (TPSA) is 49.4 Å².